The van der Waals surface area contributed by atoms with Gasteiger partial charge in [-0.15, -0.1) is 0 Å². The summed E-state index contributed by atoms with van der Waals surface area (Å²) >= 11 is 0. The van der Waals surface area contributed by atoms with Gasteiger partial charge in [0.1, 0.15) is 5.82 Å². The summed E-state index contributed by atoms with van der Waals surface area (Å²) in [5, 5.41) is 0. The topological polar surface area (TPSA) is 43.8 Å². The van der Waals surface area contributed by atoms with Crippen LogP contribution >= 0.6 is 0 Å². The first kappa shape index (κ1) is 16.7. The third-order valence-corrected chi connectivity index (χ3v) is 4.78. The summed E-state index contributed by atoms with van der Waals surface area (Å²) in [5.74, 6) is 1.91. The number of nitrogens with two attached hydrogens (primary N) is 1. The average molecular weight is 321 g/mol. The SMILES string of the molecule is CCn1c(C(CN)Cc2ccc(C(C)C)cc2)nc2ccccc21. The maximum atomic E-state index is 6.12. The summed E-state index contributed by atoms with van der Waals surface area (Å²) in [6, 6.07) is 17.3. The Labute approximate surface area is 144 Å². The summed E-state index contributed by atoms with van der Waals surface area (Å²) in [7, 11) is 0. The number of benzene rings is 2. The quantitative estimate of drug-likeness (QED) is 0.728. The maximum absolute atomic E-state index is 6.12. The van der Waals surface area contributed by atoms with Crippen molar-refractivity contribution in [1.29, 1.82) is 0 Å². The molecule has 3 rings (SSSR count). The van der Waals surface area contributed by atoms with E-state index in [1.54, 1.807) is 0 Å². The van der Waals surface area contributed by atoms with E-state index in [0.717, 1.165) is 24.3 Å². The lowest BCUT2D eigenvalue weighted by Gasteiger charge is -2.17. The molecule has 3 nitrogen and oxygen atoms in total. The molecule has 2 aromatic carbocycles. The second-order valence-electron chi connectivity index (χ2n) is 6.74. The van der Waals surface area contributed by atoms with Gasteiger partial charge < -0.3 is 10.3 Å². The van der Waals surface area contributed by atoms with Crippen LogP contribution in [0, 0.1) is 0 Å². The molecule has 1 heterocycles. The minimum Gasteiger partial charge on any atom is -0.330 e. The Hall–Kier alpha value is -2.13. The second kappa shape index (κ2) is 7.18. The van der Waals surface area contributed by atoms with E-state index < -0.39 is 0 Å². The van der Waals surface area contributed by atoms with E-state index in [2.05, 4.69) is 67.8 Å². The highest BCUT2D eigenvalue weighted by Crippen LogP contribution is 2.25. The number of nitrogens with zero attached hydrogens (tertiary/aromatic N) is 2. The van der Waals surface area contributed by atoms with Gasteiger partial charge in [-0.05, 0) is 42.5 Å². The van der Waals surface area contributed by atoms with E-state index in [0.29, 0.717) is 12.5 Å². The molecule has 0 amide bonds. The zero-order chi connectivity index (χ0) is 17.1. The molecule has 24 heavy (non-hydrogen) atoms. The molecule has 0 radical (unpaired) electrons. The predicted octanol–water partition coefficient (Wildman–Crippen LogP) is 4.46. The molecule has 0 saturated heterocycles. The highest BCUT2D eigenvalue weighted by atomic mass is 15.1. The van der Waals surface area contributed by atoms with Crippen LogP contribution in [0.4, 0.5) is 0 Å². The van der Waals surface area contributed by atoms with Crippen molar-refractivity contribution in [3.8, 4) is 0 Å². The number of aromatic nitrogens is 2. The monoisotopic (exact) mass is 321 g/mol. The molecule has 1 aromatic heterocycles. The van der Waals surface area contributed by atoms with Crippen LogP contribution in [-0.4, -0.2) is 16.1 Å². The summed E-state index contributed by atoms with van der Waals surface area (Å²) in [4.78, 5) is 4.88. The van der Waals surface area contributed by atoms with Crippen LogP contribution in [0.25, 0.3) is 11.0 Å². The number of imidazole rings is 1. The van der Waals surface area contributed by atoms with Crippen molar-refractivity contribution in [3.63, 3.8) is 0 Å². The molecular weight excluding hydrogens is 294 g/mol. The minimum atomic E-state index is 0.238. The van der Waals surface area contributed by atoms with E-state index in [1.165, 1.54) is 16.6 Å². The average Bonchev–Trinajstić information content (AvgIpc) is 2.98. The Morgan fingerprint density at radius 3 is 2.38 bits per heavy atom. The van der Waals surface area contributed by atoms with Crippen molar-refractivity contribution in [2.75, 3.05) is 6.54 Å². The van der Waals surface area contributed by atoms with Crippen LogP contribution in [-0.2, 0) is 13.0 Å². The van der Waals surface area contributed by atoms with E-state index in [-0.39, 0.29) is 5.92 Å². The van der Waals surface area contributed by atoms with Gasteiger partial charge in [0.15, 0.2) is 0 Å². The van der Waals surface area contributed by atoms with Gasteiger partial charge in [0.2, 0.25) is 0 Å². The van der Waals surface area contributed by atoms with Crippen LogP contribution in [0.2, 0.25) is 0 Å². The van der Waals surface area contributed by atoms with Crippen molar-refractivity contribution in [2.45, 2.75) is 45.6 Å². The fourth-order valence-corrected chi connectivity index (χ4v) is 3.34. The van der Waals surface area contributed by atoms with E-state index >= 15 is 0 Å². The molecule has 0 saturated carbocycles. The van der Waals surface area contributed by atoms with Crippen LogP contribution in [0.5, 0.6) is 0 Å². The van der Waals surface area contributed by atoms with Crippen molar-refractivity contribution >= 4 is 11.0 Å². The van der Waals surface area contributed by atoms with Crippen LogP contribution in [0.1, 0.15) is 49.6 Å². The largest absolute Gasteiger partial charge is 0.330 e. The minimum absolute atomic E-state index is 0.238. The highest BCUT2D eigenvalue weighted by Gasteiger charge is 2.19. The Balaban J connectivity index is 1.91. The van der Waals surface area contributed by atoms with Crippen molar-refractivity contribution in [2.24, 2.45) is 5.73 Å². The van der Waals surface area contributed by atoms with Crippen molar-refractivity contribution < 1.29 is 0 Å². The van der Waals surface area contributed by atoms with Gasteiger partial charge in [-0.3, -0.25) is 0 Å². The van der Waals surface area contributed by atoms with Crippen LogP contribution in [0.3, 0.4) is 0 Å². The summed E-state index contributed by atoms with van der Waals surface area (Å²) < 4.78 is 2.30. The Morgan fingerprint density at radius 2 is 1.75 bits per heavy atom. The van der Waals surface area contributed by atoms with Gasteiger partial charge in [-0.1, -0.05) is 50.2 Å². The molecule has 1 unspecified atom stereocenters. The van der Waals surface area contributed by atoms with Gasteiger partial charge >= 0.3 is 0 Å². The Bertz CT molecular complexity index is 800. The van der Waals surface area contributed by atoms with E-state index in [9.17, 15) is 0 Å². The summed E-state index contributed by atoms with van der Waals surface area (Å²) in [6.07, 6.45) is 0.929. The zero-order valence-corrected chi connectivity index (χ0v) is 14.9. The molecule has 0 aliphatic rings. The molecule has 0 fully saturated rings. The van der Waals surface area contributed by atoms with Gasteiger partial charge in [0, 0.05) is 19.0 Å². The number of hydrogen-bond acceptors (Lipinski definition) is 2. The fraction of sp³-hybridized carbons (Fsp3) is 0.381. The van der Waals surface area contributed by atoms with E-state index in [1.807, 2.05) is 6.07 Å². The lowest BCUT2D eigenvalue weighted by molar-refractivity contribution is 0.597. The fourth-order valence-electron chi connectivity index (χ4n) is 3.34. The number of para-hydroxylation sites is 2. The molecule has 0 bridgehead atoms. The molecule has 3 aromatic rings. The van der Waals surface area contributed by atoms with Gasteiger partial charge in [-0.25, -0.2) is 4.98 Å². The second-order valence-corrected chi connectivity index (χ2v) is 6.74. The van der Waals surface area contributed by atoms with Crippen LogP contribution < -0.4 is 5.73 Å². The molecule has 0 spiro atoms. The number of rotatable bonds is 6. The van der Waals surface area contributed by atoms with Crippen LogP contribution in [0.15, 0.2) is 48.5 Å². The number of fused-ring (bicyclic) bond motifs is 1. The first-order valence-electron chi connectivity index (χ1n) is 8.88. The van der Waals surface area contributed by atoms with E-state index in [4.69, 9.17) is 10.7 Å². The molecule has 0 aliphatic carbocycles. The Kier molecular flexibility index (Phi) is 5.00. The molecule has 0 aliphatic heterocycles. The first-order valence-corrected chi connectivity index (χ1v) is 8.88. The normalized spacial score (nSPS) is 12.9. The molecule has 2 N–H and O–H groups in total. The third-order valence-electron chi connectivity index (χ3n) is 4.78. The molecule has 1 atom stereocenters. The Morgan fingerprint density at radius 1 is 1.04 bits per heavy atom. The number of aryl methyl sites for hydroxylation is 1. The van der Waals surface area contributed by atoms with Gasteiger partial charge in [-0.2, -0.15) is 0 Å². The summed E-state index contributed by atoms with van der Waals surface area (Å²) in [5.41, 5.74) is 11.1. The van der Waals surface area contributed by atoms with Gasteiger partial charge in [0.25, 0.3) is 0 Å². The first-order chi connectivity index (χ1) is 11.6. The standard InChI is InChI=1S/C21H27N3/c1-4-24-20-8-6-5-7-19(20)23-21(24)18(14-22)13-16-9-11-17(12-10-16)15(2)3/h5-12,15,18H,4,13-14,22H2,1-3H3. The van der Waals surface area contributed by atoms with Gasteiger partial charge in [0.05, 0.1) is 11.0 Å². The predicted molar refractivity (Wildman–Crippen MR) is 101 cm³/mol. The lowest BCUT2D eigenvalue weighted by Crippen LogP contribution is -2.19. The van der Waals surface area contributed by atoms with Crippen molar-refractivity contribution in [1.82, 2.24) is 9.55 Å². The zero-order valence-electron chi connectivity index (χ0n) is 14.9. The number of hydrogen-bond donors (Lipinski definition) is 1. The molecular formula is C21H27N3. The molecule has 3 heteroatoms. The maximum Gasteiger partial charge on any atom is 0.114 e. The third kappa shape index (κ3) is 3.22. The summed E-state index contributed by atoms with van der Waals surface area (Å²) in [6.45, 7) is 8.14. The highest BCUT2D eigenvalue weighted by molar-refractivity contribution is 5.76. The lowest BCUT2D eigenvalue weighted by atomic mass is 9.95. The smallest absolute Gasteiger partial charge is 0.114 e. The molecule has 126 valence electrons. The van der Waals surface area contributed by atoms with Crippen molar-refractivity contribution in [3.05, 3.63) is 65.5 Å².